The Morgan fingerprint density at radius 1 is 0.815 bits per heavy atom. The van der Waals surface area contributed by atoms with Gasteiger partial charge in [-0.3, -0.25) is 9.59 Å². The van der Waals surface area contributed by atoms with E-state index in [2.05, 4.69) is 5.32 Å². The topological polar surface area (TPSA) is 55.4 Å². The van der Waals surface area contributed by atoms with E-state index in [9.17, 15) is 9.59 Å². The predicted molar refractivity (Wildman–Crippen MR) is 105 cm³/mol. The molecule has 0 fully saturated rings. The maximum Gasteiger partial charge on any atom is 0.325 e. The van der Waals surface area contributed by atoms with Crippen molar-refractivity contribution in [3.8, 4) is 11.1 Å². The van der Waals surface area contributed by atoms with E-state index in [4.69, 9.17) is 16.3 Å². The molecule has 0 aliphatic heterocycles. The van der Waals surface area contributed by atoms with Crippen LogP contribution >= 0.6 is 11.6 Å². The van der Waals surface area contributed by atoms with Crippen LogP contribution in [0, 0.1) is 0 Å². The molecule has 3 rings (SSSR count). The number of carbonyl (C=O) groups excluding carboxylic acids is 2. The normalized spacial score (nSPS) is 10.3. The minimum absolute atomic E-state index is 0.157. The van der Waals surface area contributed by atoms with Gasteiger partial charge < -0.3 is 10.1 Å². The van der Waals surface area contributed by atoms with Crippen LogP contribution in [-0.2, 0) is 16.1 Å². The zero-order valence-corrected chi connectivity index (χ0v) is 15.3. The van der Waals surface area contributed by atoms with Crippen molar-refractivity contribution in [1.29, 1.82) is 0 Å². The first-order chi connectivity index (χ1) is 13.1. The van der Waals surface area contributed by atoms with E-state index in [0.29, 0.717) is 10.6 Å². The molecule has 0 spiro atoms. The lowest BCUT2D eigenvalue weighted by Crippen LogP contribution is -2.30. The first-order valence-electron chi connectivity index (χ1n) is 8.45. The van der Waals surface area contributed by atoms with Gasteiger partial charge in [-0.2, -0.15) is 0 Å². The summed E-state index contributed by atoms with van der Waals surface area (Å²) in [6.07, 6.45) is 0. The number of esters is 1. The number of nitrogens with one attached hydrogen (secondary N) is 1. The smallest absolute Gasteiger partial charge is 0.325 e. The average Bonchev–Trinajstić information content (AvgIpc) is 2.72. The van der Waals surface area contributed by atoms with Gasteiger partial charge in [0.25, 0.3) is 5.91 Å². The van der Waals surface area contributed by atoms with Crippen LogP contribution < -0.4 is 5.32 Å². The summed E-state index contributed by atoms with van der Waals surface area (Å²) in [6.45, 7) is -0.0335. The van der Waals surface area contributed by atoms with Crippen molar-refractivity contribution < 1.29 is 14.3 Å². The first kappa shape index (κ1) is 18.7. The summed E-state index contributed by atoms with van der Waals surface area (Å²) in [5.41, 5.74) is 3.54. The van der Waals surface area contributed by atoms with Crippen LogP contribution in [0.25, 0.3) is 11.1 Å². The number of ether oxygens (including phenoxy) is 1. The molecule has 0 atom stereocenters. The number of halogens is 1. The molecule has 136 valence electrons. The SMILES string of the molecule is O=C(CNC(=O)c1ccc(Cl)cc1)OCc1ccc(-c2ccccc2)cc1. The highest BCUT2D eigenvalue weighted by Crippen LogP contribution is 2.19. The molecule has 27 heavy (non-hydrogen) atoms. The second kappa shape index (κ2) is 9.01. The number of rotatable bonds is 6. The summed E-state index contributed by atoms with van der Waals surface area (Å²) < 4.78 is 5.20. The van der Waals surface area contributed by atoms with Crippen molar-refractivity contribution in [3.63, 3.8) is 0 Å². The summed E-state index contributed by atoms with van der Waals surface area (Å²) in [5.74, 6) is -0.847. The van der Waals surface area contributed by atoms with Crippen molar-refractivity contribution in [2.45, 2.75) is 6.61 Å². The van der Waals surface area contributed by atoms with E-state index in [1.54, 1.807) is 24.3 Å². The number of hydrogen-bond acceptors (Lipinski definition) is 3. The molecule has 0 radical (unpaired) electrons. The number of benzene rings is 3. The molecule has 0 aliphatic carbocycles. The Morgan fingerprint density at radius 2 is 1.44 bits per heavy atom. The predicted octanol–water partition coefficient (Wildman–Crippen LogP) is 4.48. The average molecular weight is 380 g/mol. The van der Waals surface area contributed by atoms with Gasteiger partial charge in [-0.1, -0.05) is 66.2 Å². The Hall–Kier alpha value is -3.11. The van der Waals surface area contributed by atoms with E-state index in [1.165, 1.54) is 0 Å². The summed E-state index contributed by atoms with van der Waals surface area (Å²) >= 11 is 5.78. The maximum absolute atomic E-state index is 11.9. The highest BCUT2D eigenvalue weighted by atomic mass is 35.5. The summed E-state index contributed by atoms with van der Waals surface area (Å²) in [5, 5.41) is 3.07. The Balaban J connectivity index is 1.46. The molecule has 5 heteroatoms. The molecule has 0 heterocycles. The molecule has 0 saturated heterocycles. The Morgan fingerprint density at radius 3 is 2.11 bits per heavy atom. The number of hydrogen-bond donors (Lipinski definition) is 1. The zero-order chi connectivity index (χ0) is 19.1. The van der Waals surface area contributed by atoms with Crippen molar-refractivity contribution in [2.75, 3.05) is 6.54 Å². The second-order valence-corrected chi connectivity index (χ2v) is 6.35. The molecule has 3 aromatic carbocycles. The molecule has 1 amide bonds. The van der Waals surface area contributed by atoms with Gasteiger partial charge in [-0.25, -0.2) is 0 Å². The largest absolute Gasteiger partial charge is 0.460 e. The minimum atomic E-state index is -0.496. The lowest BCUT2D eigenvalue weighted by molar-refractivity contribution is -0.143. The molecule has 0 aliphatic rings. The van der Waals surface area contributed by atoms with Crippen molar-refractivity contribution in [3.05, 3.63) is 95.0 Å². The monoisotopic (exact) mass is 379 g/mol. The van der Waals surface area contributed by atoms with Crippen LogP contribution in [0.1, 0.15) is 15.9 Å². The fourth-order valence-electron chi connectivity index (χ4n) is 2.49. The van der Waals surface area contributed by atoms with Gasteiger partial charge >= 0.3 is 5.97 Å². The van der Waals surface area contributed by atoms with Crippen LogP contribution in [0.15, 0.2) is 78.9 Å². The molecular weight excluding hydrogens is 362 g/mol. The summed E-state index contributed by atoms with van der Waals surface area (Å²) in [6, 6.07) is 24.3. The molecule has 0 saturated carbocycles. The fraction of sp³-hybridized carbons (Fsp3) is 0.0909. The maximum atomic E-state index is 11.9. The minimum Gasteiger partial charge on any atom is -0.460 e. The summed E-state index contributed by atoms with van der Waals surface area (Å²) in [4.78, 5) is 23.8. The van der Waals surface area contributed by atoms with Gasteiger partial charge in [0.2, 0.25) is 0 Å². The third-order valence-corrected chi connectivity index (χ3v) is 4.21. The van der Waals surface area contributed by atoms with Gasteiger partial charge in [0.15, 0.2) is 0 Å². The van der Waals surface area contributed by atoms with Crippen LogP contribution in [-0.4, -0.2) is 18.4 Å². The Kier molecular flexibility index (Phi) is 6.23. The molecule has 0 unspecified atom stereocenters. The van der Waals surface area contributed by atoms with Crippen molar-refractivity contribution >= 4 is 23.5 Å². The highest BCUT2D eigenvalue weighted by molar-refractivity contribution is 6.30. The van der Waals surface area contributed by atoms with Gasteiger partial charge in [-0.15, -0.1) is 0 Å². The van der Waals surface area contributed by atoms with Gasteiger partial charge in [0.1, 0.15) is 13.2 Å². The van der Waals surface area contributed by atoms with E-state index >= 15 is 0 Å². The third-order valence-electron chi connectivity index (χ3n) is 3.96. The third kappa shape index (κ3) is 5.43. The first-order valence-corrected chi connectivity index (χ1v) is 8.83. The lowest BCUT2D eigenvalue weighted by Gasteiger charge is -2.08. The van der Waals surface area contributed by atoms with E-state index < -0.39 is 5.97 Å². The van der Waals surface area contributed by atoms with Crippen LogP contribution in [0.3, 0.4) is 0 Å². The number of carbonyl (C=O) groups is 2. The van der Waals surface area contributed by atoms with Crippen LogP contribution in [0.2, 0.25) is 5.02 Å². The van der Waals surface area contributed by atoms with Gasteiger partial charge in [0.05, 0.1) is 0 Å². The van der Waals surface area contributed by atoms with E-state index in [-0.39, 0.29) is 19.1 Å². The molecular formula is C22H18ClNO3. The van der Waals surface area contributed by atoms with Crippen molar-refractivity contribution in [2.24, 2.45) is 0 Å². The van der Waals surface area contributed by atoms with Crippen molar-refractivity contribution in [1.82, 2.24) is 5.32 Å². The van der Waals surface area contributed by atoms with Crippen LogP contribution in [0.4, 0.5) is 0 Å². The quantitative estimate of drug-likeness (QED) is 0.642. The van der Waals surface area contributed by atoms with Gasteiger partial charge in [-0.05, 0) is 41.0 Å². The highest BCUT2D eigenvalue weighted by Gasteiger charge is 2.09. The standard InChI is InChI=1S/C22H18ClNO3/c23-20-12-10-19(11-13-20)22(26)24-14-21(25)27-15-16-6-8-18(9-7-16)17-4-2-1-3-5-17/h1-13H,14-15H2,(H,24,26). The van der Waals surface area contributed by atoms with Gasteiger partial charge in [0, 0.05) is 10.6 Å². The second-order valence-electron chi connectivity index (χ2n) is 5.91. The zero-order valence-electron chi connectivity index (χ0n) is 14.5. The molecule has 4 nitrogen and oxygen atoms in total. The Bertz CT molecular complexity index is 907. The van der Waals surface area contributed by atoms with Crippen LogP contribution in [0.5, 0.6) is 0 Å². The summed E-state index contributed by atoms with van der Waals surface area (Å²) in [7, 11) is 0. The number of amides is 1. The Labute approximate surface area is 162 Å². The molecule has 0 bridgehead atoms. The molecule has 0 aromatic heterocycles. The fourth-order valence-corrected chi connectivity index (χ4v) is 2.62. The van der Waals surface area contributed by atoms with E-state index in [1.807, 2.05) is 54.6 Å². The van der Waals surface area contributed by atoms with E-state index in [0.717, 1.165) is 16.7 Å². The molecule has 1 N–H and O–H groups in total. The molecule has 3 aromatic rings. The lowest BCUT2D eigenvalue weighted by atomic mass is 10.0.